The van der Waals surface area contributed by atoms with E-state index in [-0.39, 0.29) is 33.9 Å². The van der Waals surface area contributed by atoms with E-state index in [1.54, 1.807) is 12.1 Å². The zero-order valence-corrected chi connectivity index (χ0v) is 26.7. The Balaban J connectivity index is 1.22. The van der Waals surface area contributed by atoms with E-state index in [4.69, 9.17) is 0 Å². The van der Waals surface area contributed by atoms with Crippen LogP contribution in [-0.4, -0.2) is 58.9 Å². The zero-order valence-electron chi connectivity index (χ0n) is 25.0. The highest BCUT2D eigenvalue weighted by atomic mass is 32.2. The molecule has 0 amide bonds. The van der Waals surface area contributed by atoms with Gasteiger partial charge in [-0.1, -0.05) is 12.1 Å². The number of allylic oxidation sites excluding steroid dienone is 2. The summed E-state index contributed by atoms with van der Waals surface area (Å²) in [5.74, 6) is -1.23. The number of rotatable bonds is 7. The summed E-state index contributed by atoms with van der Waals surface area (Å²) in [6, 6.07) is 16.5. The van der Waals surface area contributed by atoms with Gasteiger partial charge in [-0.3, -0.25) is 39.5 Å². The molecule has 48 heavy (non-hydrogen) atoms. The van der Waals surface area contributed by atoms with Gasteiger partial charge in [-0.15, -0.1) is 0 Å². The van der Waals surface area contributed by atoms with Crippen molar-refractivity contribution in [2.45, 2.75) is 13.8 Å². The molecular weight excluding hydrogens is 661 g/mol. The summed E-state index contributed by atoms with van der Waals surface area (Å²) < 4.78 is 67.3. The average molecular weight is 685 g/mol. The van der Waals surface area contributed by atoms with E-state index < -0.39 is 41.6 Å². The summed E-state index contributed by atoms with van der Waals surface area (Å²) >= 11 is 0. The molecule has 0 spiro atoms. The van der Waals surface area contributed by atoms with E-state index in [2.05, 4.69) is 31.0 Å². The minimum absolute atomic E-state index is 0.0119. The van der Waals surface area contributed by atoms with Crippen LogP contribution in [0.15, 0.2) is 95.4 Å². The molecule has 4 aromatic rings. The molecule has 2 heterocycles. The second kappa shape index (κ2) is 12.2. The van der Waals surface area contributed by atoms with Gasteiger partial charge in [-0.2, -0.15) is 27.0 Å². The van der Waals surface area contributed by atoms with Crippen molar-refractivity contribution >= 4 is 64.4 Å². The van der Waals surface area contributed by atoms with E-state index in [0.717, 1.165) is 34.4 Å². The van der Waals surface area contributed by atoms with Gasteiger partial charge in [0.2, 0.25) is 11.6 Å². The normalized spacial score (nSPS) is 16.2. The van der Waals surface area contributed by atoms with Crippen molar-refractivity contribution in [2.24, 2.45) is 10.2 Å². The number of aryl methyl sites for hydroxylation is 2. The van der Waals surface area contributed by atoms with Crippen LogP contribution in [0.5, 0.6) is 0 Å². The van der Waals surface area contributed by atoms with Gasteiger partial charge < -0.3 is 0 Å². The smallest absolute Gasteiger partial charge is 0.285 e. The van der Waals surface area contributed by atoms with E-state index in [9.17, 15) is 35.5 Å². The van der Waals surface area contributed by atoms with E-state index in [0.29, 0.717) is 11.4 Å². The maximum Gasteiger partial charge on any atom is 0.295 e. The molecule has 0 saturated carbocycles. The second-order valence-electron chi connectivity index (χ2n) is 10.7. The largest absolute Gasteiger partial charge is 0.295 e. The van der Waals surface area contributed by atoms with Gasteiger partial charge in [0, 0.05) is 23.5 Å². The lowest BCUT2D eigenvalue weighted by atomic mass is 9.99. The van der Waals surface area contributed by atoms with E-state index >= 15 is 0 Å². The van der Waals surface area contributed by atoms with Crippen LogP contribution in [0.1, 0.15) is 43.2 Å². The predicted octanol–water partition coefficient (Wildman–Crippen LogP) is 4.55. The molecule has 0 atom stereocenters. The highest BCUT2D eigenvalue weighted by Gasteiger charge is 2.32. The first-order chi connectivity index (χ1) is 22.7. The standard InChI is InChI=1S/C32H24N6O8S2/c1-17-13-19(7-9-23(17)35-37-25-15-27(47(41,42)43)21-5-3-11-33-29(21)31(25)39)20-8-10-24(18(2)14-20)36-38-26-16-28(48(44,45)46)22-6-4-12-34-30(22)32(26)40/h3-16,35-36H,1-2H3,(H,41,42,43)(H,44,45,46). The summed E-state index contributed by atoms with van der Waals surface area (Å²) in [7, 11) is -9.32. The second-order valence-corrected chi connectivity index (χ2v) is 13.5. The summed E-state index contributed by atoms with van der Waals surface area (Å²) in [5.41, 5.74) is 8.98. The molecule has 14 nitrogen and oxygen atoms in total. The molecule has 0 radical (unpaired) electrons. The number of hydrogen-bond donors (Lipinski definition) is 4. The van der Waals surface area contributed by atoms with Crippen molar-refractivity contribution in [3.05, 3.63) is 119 Å². The minimum Gasteiger partial charge on any atom is -0.285 e. The molecule has 2 aromatic carbocycles. The quantitative estimate of drug-likeness (QED) is 0.156. The molecule has 0 unspecified atom stereocenters. The number of carbonyl (C=O) groups is 2. The van der Waals surface area contributed by atoms with E-state index in [1.165, 1.54) is 36.7 Å². The molecule has 2 aromatic heterocycles. The predicted molar refractivity (Wildman–Crippen MR) is 180 cm³/mol. The van der Waals surface area contributed by atoms with Crippen molar-refractivity contribution in [1.82, 2.24) is 9.97 Å². The van der Waals surface area contributed by atoms with Crippen LogP contribution in [0.2, 0.25) is 0 Å². The lowest BCUT2D eigenvalue weighted by Crippen LogP contribution is -2.24. The number of nitrogens with zero attached hydrogens (tertiary/aromatic N) is 4. The Morgan fingerprint density at radius 1 is 0.625 bits per heavy atom. The summed E-state index contributed by atoms with van der Waals surface area (Å²) in [6.45, 7) is 3.62. The number of pyridine rings is 2. The Morgan fingerprint density at radius 2 is 1.02 bits per heavy atom. The number of hydrazone groups is 2. The fraction of sp³-hybridized carbons (Fsp3) is 0.0625. The molecule has 0 saturated heterocycles. The molecule has 16 heteroatoms. The Bertz CT molecular complexity index is 2250. The number of hydrogen-bond acceptors (Lipinski definition) is 12. The first kappa shape index (κ1) is 32.3. The Labute approximate surface area is 274 Å². The van der Waals surface area contributed by atoms with Gasteiger partial charge in [0.15, 0.2) is 0 Å². The van der Waals surface area contributed by atoms with Gasteiger partial charge in [-0.05, 0) is 96.8 Å². The Hall–Kier alpha value is -5.68. The number of anilines is 2. The van der Waals surface area contributed by atoms with Gasteiger partial charge >= 0.3 is 0 Å². The third-order valence-electron chi connectivity index (χ3n) is 7.51. The number of ketones is 2. The number of carbonyl (C=O) groups excluding carboxylic acids is 2. The molecule has 2 aliphatic carbocycles. The van der Waals surface area contributed by atoms with Crippen LogP contribution < -0.4 is 10.9 Å². The highest BCUT2D eigenvalue weighted by Crippen LogP contribution is 2.31. The van der Waals surface area contributed by atoms with Crippen LogP contribution in [0.3, 0.4) is 0 Å². The van der Waals surface area contributed by atoms with Gasteiger partial charge in [0.05, 0.1) is 11.4 Å². The summed E-state index contributed by atoms with van der Waals surface area (Å²) in [5, 5.41) is 8.21. The van der Waals surface area contributed by atoms with Crippen LogP contribution in [0.4, 0.5) is 11.4 Å². The lowest BCUT2D eigenvalue weighted by Gasteiger charge is -2.16. The molecule has 0 bridgehead atoms. The minimum atomic E-state index is -4.66. The average Bonchev–Trinajstić information content (AvgIpc) is 3.04. The third-order valence-corrected chi connectivity index (χ3v) is 9.30. The number of benzene rings is 2. The lowest BCUT2D eigenvalue weighted by molar-refractivity contribution is 0.105. The fourth-order valence-electron chi connectivity index (χ4n) is 5.12. The van der Waals surface area contributed by atoms with Gasteiger partial charge in [0.1, 0.15) is 32.6 Å². The van der Waals surface area contributed by atoms with Gasteiger partial charge in [0.25, 0.3) is 20.2 Å². The van der Waals surface area contributed by atoms with Crippen molar-refractivity contribution in [1.29, 1.82) is 0 Å². The summed E-state index contributed by atoms with van der Waals surface area (Å²) in [4.78, 5) is 32.8. The van der Waals surface area contributed by atoms with Crippen LogP contribution >= 0.6 is 0 Å². The van der Waals surface area contributed by atoms with Crippen LogP contribution in [-0.2, 0) is 20.2 Å². The monoisotopic (exact) mass is 684 g/mol. The maximum atomic E-state index is 12.9. The SMILES string of the molecule is Cc1cc(-c2ccc(NN=C3C=C(S(=O)(=O)O)c4cccnc4C3=O)c(C)c2)ccc1NN=C1C=C(S(=O)(=O)O)c2cccnc2C1=O. The fourth-order valence-corrected chi connectivity index (χ4v) is 6.53. The Kier molecular flexibility index (Phi) is 8.18. The molecule has 242 valence electrons. The van der Waals surface area contributed by atoms with Crippen molar-refractivity contribution < 1.29 is 35.5 Å². The molecule has 6 rings (SSSR count). The van der Waals surface area contributed by atoms with Crippen molar-refractivity contribution in [2.75, 3.05) is 10.9 Å². The van der Waals surface area contributed by atoms with Gasteiger partial charge in [-0.25, -0.2) is 0 Å². The highest BCUT2D eigenvalue weighted by molar-refractivity contribution is 7.95. The number of nitrogens with one attached hydrogen (secondary N) is 2. The number of aromatic nitrogens is 2. The van der Waals surface area contributed by atoms with Crippen LogP contribution in [0.25, 0.3) is 20.9 Å². The molecule has 2 aliphatic rings. The number of Topliss-reactive ketones (excluding diaryl/α,β-unsaturated/α-hetero) is 2. The first-order valence-corrected chi connectivity index (χ1v) is 16.9. The van der Waals surface area contributed by atoms with Crippen LogP contribution in [0, 0.1) is 13.8 Å². The topological polar surface area (TPSA) is 217 Å². The van der Waals surface area contributed by atoms with E-state index in [1.807, 2.05) is 38.1 Å². The van der Waals surface area contributed by atoms with Crippen molar-refractivity contribution in [3.8, 4) is 11.1 Å². The molecule has 0 fully saturated rings. The summed E-state index contributed by atoms with van der Waals surface area (Å²) in [6.07, 6.45) is 4.66. The number of fused-ring (bicyclic) bond motifs is 2. The molecular formula is C32H24N6O8S2. The molecule has 4 N–H and O–H groups in total. The third kappa shape index (κ3) is 6.19. The van der Waals surface area contributed by atoms with Crippen molar-refractivity contribution in [3.63, 3.8) is 0 Å². The maximum absolute atomic E-state index is 12.9. The molecule has 0 aliphatic heterocycles. The zero-order chi connectivity index (χ0) is 34.4. The first-order valence-electron chi connectivity index (χ1n) is 14.0. The Morgan fingerprint density at radius 3 is 1.38 bits per heavy atom.